The van der Waals surface area contributed by atoms with E-state index in [0.717, 1.165) is 12.0 Å². The summed E-state index contributed by atoms with van der Waals surface area (Å²) < 4.78 is 10.6. The first-order valence-corrected chi connectivity index (χ1v) is 8.42. The monoisotopic (exact) mass is 399 g/mol. The van der Waals surface area contributed by atoms with E-state index in [2.05, 4.69) is 9.51 Å². The van der Waals surface area contributed by atoms with Gasteiger partial charge < -0.3 is 15.4 Å². The summed E-state index contributed by atoms with van der Waals surface area (Å²) in [6.45, 7) is 3.97. The molecule has 0 saturated heterocycles. The Balaban J connectivity index is 0.000000848. The fraction of sp³-hybridized carbons (Fsp3) is 0.500. The van der Waals surface area contributed by atoms with Gasteiger partial charge >= 0.3 is 71.6 Å². The summed E-state index contributed by atoms with van der Waals surface area (Å²) in [6, 6.07) is 1.56. The van der Waals surface area contributed by atoms with Gasteiger partial charge in [0.1, 0.15) is 5.82 Å². The molecule has 0 amide bonds. The molecule has 0 bridgehead atoms. The minimum absolute atomic E-state index is 0. The molecular formula is C14H23KN3O6P+2. The van der Waals surface area contributed by atoms with Crippen molar-refractivity contribution in [3.05, 3.63) is 28.3 Å². The summed E-state index contributed by atoms with van der Waals surface area (Å²) in [5.41, 5.74) is 6.08. The number of nitrogen functional groups attached to an aromatic ring is 1. The Bertz CT molecular complexity index is 650. The molecule has 9 nitrogen and oxygen atoms in total. The first-order chi connectivity index (χ1) is 11.2. The van der Waals surface area contributed by atoms with Crippen molar-refractivity contribution in [2.75, 3.05) is 19.5 Å². The average molecular weight is 399 g/mol. The zero-order valence-electron chi connectivity index (χ0n) is 14.8. The quantitative estimate of drug-likeness (QED) is 0.241. The maximum atomic E-state index is 11.5. The van der Waals surface area contributed by atoms with Crippen LogP contribution < -0.4 is 62.8 Å². The molecule has 25 heavy (non-hydrogen) atoms. The van der Waals surface area contributed by atoms with Crippen LogP contribution in [0.3, 0.4) is 0 Å². The van der Waals surface area contributed by atoms with Gasteiger partial charge in [0.2, 0.25) is 0 Å². The van der Waals surface area contributed by atoms with Crippen LogP contribution in [-0.4, -0.2) is 39.0 Å². The standard InChI is InChI=1S/C13H17N3O3.CH5O3P.K/c1-8(2)12(17)19-7-10-5-9(10)6-16-4-3-11(14)15-13(16)18;1-4-5(2)3;/h3-4,6,8,10H,5,7H2,1-2H3,(H2,14,15,18);2-3H,1H3;/q;;+1/p+1/b9-6-;;. The number of hydrogen-bond donors (Lipinski definition) is 2. The molecule has 1 heterocycles. The van der Waals surface area contributed by atoms with Crippen LogP contribution in [0.15, 0.2) is 22.6 Å². The summed E-state index contributed by atoms with van der Waals surface area (Å²) in [6.07, 6.45) is 4.14. The molecular weight excluding hydrogens is 376 g/mol. The van der Waals surface area contributed by atoms with Gasteiger partial charge in [0.25, 0.3) is 0 Å². The number of aromatic nitrogens is 2. The predicted molar refractivity (Wildman–Crippen MR) is 90.8 cm³/mol. The van der Waals surface area contributed by atoms with Crippen LogP contribution >= 0.6 is 8.60 Å². The van der Waals surface area contributed by atoms with Crippen LogP contribution in [0, 0.1) is 11.8 Å². The maximum absolute atomic E-state index is 11.5. The fourth-order valence-electron chi connectivity index (χ4n) is 1.60. The normalized spacial score (nSPS) is 18.0. The van der Waals surface area contributed by atoms with Gasteiger partial charge in [-0.15, -0.1) is 0 Å². The smallest absolute Gasteiger partial charge is 0.465 e. The van der Waals surface area contributed by atoms with E-state index in [0.29, 0.717) is 6.61 Å². The Morgan fingerprint density at radius 3 is 2.72 bits per heavy atom. The van der Waals surface area contributed by atoms with E-state index in [4.69, 9.17) is 20.3 Å². The summed E-state index contributed by atoms with van der Waals surface area (Å²) in [5.74, 6) is 0.109. The third kappa shape index (κ3) is 9.93. The molecule has 1 aromatic rings. The Hall–Kier alpha value is -0.164. The molecule has 1 aromatic heterocycles. The zero-order valence-corrected chi connectivity index (χ0v) is 18.8. The minimum atomic E-state index is -1.85. The summed E-state index contributed by atoms with van der Waals surface area (Å²) in [7, 11) is -0.558. The fourth-order valence-corrected chi connectivity index (χ4v) is 1.60. The van der Waals surface area contributed by atoms with Gasteiger partial charge in [-0.3, -0.25) is 18.8 Å². The minimum Gasteiger partial charge on any atom is -0.465 e. The van der Waals surface area contributed by atoms with Crippen LogP contribution in [0.25, 0.3) is 6.20 Å². The SMILES string of the molecule is CC(C)C(=O)OCC1C/C1=C/n1ccc(N)nc1=O.COP(O)[OH2+].[K+]. The largest absolute Gasteiger partial charge is 1.00 e. The first-order valence-electron chi connectivity index (χ1n) is 7.20. The zero-order chi connectivity index (χ0) is 18.3. The van der Waals surface area contributed by atoms with Gasteiger partial charge in [-0.05, 0) is 18.1 Å². The van der Waals surface area contributed by atoms with Crippen molar-refractivity contribution in [1.82, 2.24) is 9.55 Å². The van der Waals surface area contributed by atoms with Crippen LogP contribution in [-0.2, 0) is 14.1 Å². The van der Waals surface area contributed by atoms with Crippen molar-refractivity contribution in [2.24, 2.45) is 11.8 Å². The second-order valence-electron chi connectivity index (χ2n) is 5.39. The summed E-state index contributed by atoms with van der Waals surface area (Å²) in [4.78, 5) is 40.5. The number of esters is 1. The topological polar surface area (TPSA) is 140 Å². The van der Waals surface area contributed by atoms with E-state index in [-0.39, 0.29) is 75.0 Å². The Kier molecular flexibility index (Phi) is 12.2. The van der Waals surface area contributed by atoms with Gasteiger partial charge in [0, 0.05) is 25.4 Å². The number of carbonyl (C=O) groups is 1. The van der Waals surface area contributed by atoms with E-state index in [1.54, 1.807) is 32.3 Å². The molecule has 2 rings (SSSR count). The number of ether oxygens (including phenoxy) is 1. The molecule has 2 atom stereocenters. The van der Waals surface area contributed by atoms with Gasteiger partial charge in [-0.1, -0.05) is 13.8 Å². The molecule has 0 radical (unpaired) electrons. The number of nitrogens with two attached hydrogens (primary N) is 1. The third-order valence-electron chi connectivity index (χ3n) is 3.07. The number of hydrogen-bond acceptors (Lipinski definition) is 7. The van der Waals surface area contributed by atoms with Crippen LogP contribution in [0.4, 0.5) is 5.82 Å². The van der Waals surface area contributed by atoms with E-state index >= 15 is 0 Å². The van der Waals surface area contributed by atoms with Crippen molar-refractivity contribution in [3.63, 3.8) is 0 Å². The molecule has 5 N–H and O–H groups in total. The van der Waals surface area contributed by atoms with Crippen molar-refractivity contribution in [1.29, 1.82) is 0 Å². The van der Waals surface area contributed by atoms with Crippen LogP contribution in [0.2, 0.25) is 0 Å². The molecule has 1 aliphatic rings. The van der Waals surface area contributed by atoms with E-state index in [9.17, 15) is 9.59 Å². The number of nitrogens with zero attached hydrogens (tertiary/aromatic N) is 2. The van der Waals surface area contributed by atoms with Gasteiger partial charge in [-0.25, -0.2) is 4.79 Å². The van der Waals surface area contributed by atoms with E-state index < -0.39 is 14.3 Å². The molecule has 0 aromatic carbocycles. The van der Waals surface area contributed by atoms with Crippen molar-refractivity contribution >= 4 is 26.6 Å². The van der Waals surface area contributed by atoms with E-state index in [1.807, 2.05) is 0 Å². The van der Waals surface area contributed by atoms with E-state index in [1.165, 1.54) is 11.7 Å². The van der Waals surface area contributed by atoms with Gasteiger partial charge in [0.05, 0.1) is 12.5 Å². The molecule has 1 fully saturated rings. The Labute approximate surface area is 189 Å². The second kappa shape index (κ2) is 12.3. The molecule has 1 saturated carbocycles. The Morgan fingerprint density at radius 2 is 2.24 bits per heavy atom. The first kappa shape index (κ1) is 24.8. The van der Waals surface area contributed by atoms with Gasteiger partial charge in [0.15, 0.2) is 0 Å². The number of rotatable bonds is 5. The Morgan fingerprint density at radius 1 is 1.64 bits per heavy atom. The van der Waals surface area contributed by atoms with Crippen LogP contribution in [0.5, 0.6) is 0 Å². The van der Waals surface area contributed by atoms with Crippen molar-refractivity contribution in [2.45, 2.75) is 20.3 Å². The number of carbonyl (C=O) groups excluding carboxylic acids is 1. The summed E-state index contributed by atoms with van der Waals surface area (Å²) in [5, 5.41) is 0. The molecule has 134 valence electrons. The van der Waals surface area contributed by atoms with Crippen LogP contribution in [0.1, 0.15) is 20.3 Å². The average Bonchev–Trinajstić information content (AvgIpc) is 3.26. The molecule has 0 spiro atoms. The molecule has 2 unspecified atom stereocenters. The van der Waals surface area contributed by atoms with Crippen molar-refractivity contribution in [3.8, 4) is 0 Å². The van der Waals surface area contributed by atoms with Crippen molar-refractivity contribution < 1.29 is 75.2 Å². The molecule has 11 heteroatoms. The molecule has 1 aliphatic carbocycles. The maximum Gasteiger partial charge on any atom is 1.00 e. The molecule has 0 aliphatic heterocycles. The predicted octanol–water partition coefficient (Wildman–Crippen LogP) is -2.53. The second-order valence-corrected chi connectivity index (χ2v) is 6.30. The van der Waals surface area contributed by atoms with Gasteiger partial charge in [-0.2, -0.15) is 4.98 Å². The third-order valence-corrected chi connectivity index (χ3v) is 3.42. The number of anilines is 1. The summed E-state index contributed by atoms with van der Waals surface area (Å²) >= 11 is 0.